The molecule has 2 aliphatic carbocycles. The minimum Gasteiger partial charge on any atom is -0.497 e. The minimum absolute atomic E-state index is 0.0357. The standard InChI is InChI=1S/C27H34NOSi/c1-25(2)17-26(3,4)27(25)21-11-9-8-10-19(21)24-23(27)20-16-18(29-5)12-13-22(20)28(24)14-15-30(6)7/h8-13,16H,14-15,17H2,1-7H3. The van der Waals surface area contributed by atoms with Crippen molar-refractivity contribution < 1.29 is 4.74 Å². The average molecular weight is 417 g/mol. The summed E-state index contributed by atoms with van der Waals surface area (Å²) in [5.41, 5.74) is 7.84. The van der Waals surface area contributed by atoms with Crippen molar-refractivity contribution in [3.63, 3.8) is 0 Å². The van der Waals surface area contributed by atoms with Crippen molar-refractivity contribution in [1.82, 2.24) is 4.57 Å². The number of hydrogen-bond acceptors (Lipinski definition) is 1. The van der Waals surface area contributed by atoms with Crippen LogP contribution >= 0.6 is 0 Å². The monoisotopic (exact) mass is 416 g/mol. The largest absolute Gasteiger partial charge is 0.497 e. The molecule has 0 unspecified atom stereocenters. The van der Waals surface area contributed by atoms with Gasteiger partial charge in [0.25, 0.3) is 0 Å². The third-order valence-electron chi connectivity index (χ3n) is 7.98. The van der Waals surface area contributed by atoms with Gasteiger partial charge in [-0.3, -0.25) is 0 Å². The number of benzene rings is 2. The molecule has 30 heavy (non-hydrogen) atoms. The summed E-state index contributed by atoms with van der Waals surface area (Å²) >= 11 is 0. The van der Waals surface area contributed by atoms with Crippen LogP contribution in [-0.2, 0) is 12.0 Å². The van der Waals surface area contributed by atoms with E-state index in [2.05, 4.69) is 87.8 Å². The van der Waals surface area contributed by atoms with Gasteiger partial charge in [0.15, 0.2) is 0 Å². The summed E-state index contributed by atoms with van der Waals surface area (Å²) in [7, 11) is 1.49. The molecule has 0 bridgehead atoms. The number of aromatic nitrogens is 1. The lowest BCUT2D eigenvalue weighted by molar-refractivity contribution is -0.0849. The van der Waals surface area contributed by atoms with Gasteiger partial charge in [0, 0.05) is 37.2 Å². The molecule has 1 spiro atoms. The van der Waals surface area contributed by atoms with E-state index in [1.807, 2.05) is 0 Å². The van der Waals surface area contributed by atoms with Crippen molar-refractivity contribution in [2.45, 2.75) is 65.2 Å². The van der Waals surface area contributed by atoms with Crippen molar-refractivity contribution in [2.75, 3.05) is 7.11 Å². The van der Waals surface area contributed by atoms with Gasteiger partial charge in [-0.05, 0) is 52.6 Å². The highest BCUT2D eigenvalue weighted by molar-refractivity contribution is 6.55. The molecule has 1 fully saturated rings. The van der Waals surface area contributed by atoms with Gasteiger partial charge in [-0.1, -0.05) is 65.1 Å². The van der Waals surface area contributed by atoms with Crippen LogP contribution in [0.15, 0.2) is 42.5 Å². The van der Waals surface area contributed by atoms with Crippen LogP contribution in [0.2, 0.25) is 19.1 Å². The summed E-state index contributed by atoms with van der Waals surface area (Å²) in [4.78, 5) is 0. The zero-order valence-corrected chi connectivity index (χ0v) is 20.5. The summed E-state index contributed by atoms with van der Waals surface area (Å²) < 4.78 is 8.32. The Kier molecular flexibility index (Phi) is 4.16. The maximum atomic E-state index is 5.69. The quantitative estimate of drug-likeness (QED) is 0.413. The number of ether oxygens (including phenoxy) is 1. The second-order valence-corrected chi connectivity index (χ2v) is 13.9. The predicted octanol–water partition coefficient (Wildman–Crippen LogP) is 7.13. The van der Waals surface area contributed by atoms with Crippen LogP contribution in [0.4, 0.5) is 0 Å². The van der Waals surface area contributed by atoms with E-state index in [0.717, 1.165) is 12.3 Å². The molecular weight excluding hydrogens is 382 g/mol. The van der Waals surface area contributed by atoms with Crippen LogP contribution in [0.3, 0.4) is 0 Å². The van der Waals surface area contributed by atoms with Crippen molar-refractivity contribution in [3.05, 3.63) is 53.6 Å². The van der Waals surface area contributed by atoms with Crippen LogP contribution < -0.4 is 4.74 Å². The average Bonchev–Trinajstić information content (AvgIpc) is 3.17. The lowest BCUT2D eigenvalue weighted by Crippen LogP contribution is -2.63. The number of aryl methyl sites for hydroxylation is 1. The molecule has 1 radical (unpaired) electrons. The van der Waals surface area contributed by atoms with Gasteiger partial charge in [0.2, 0.25) is 0 Å². The maximum absolute atomic E-state index is 5.69. The molecule has 1 aromatic heterocycles. The molecule has 2 aromatic carbocycles. The molecule has 3 aromatic rings. The molecule has 2 nitrogen and oxygen atoms in total. The van der Waals surface area contributed by atoms with Gasteiger partial charge in [0.05, 0.1) is 12.8 Å². The Morgan fingerprint density at radius 3 is 2.33 bits per heavy atom. The highest BCUT2D eigenvalue weighted by Crippen LogP contribution is 2.76. The predicted molar refractivity (Wildman–Crippen MR) is 129 cm³/mol. The lowest BCUT2D eigenvalue weighted by Gasteiger charge is -2.67. The van der Waals surface area contributed by atoms with E-state index >= 15 is 0 Å². The first kappa shape index (κ1) is 19.9. The zero-order valence-electron chi connectivity index (χ0n) is 19.5. The first-order valence-corrected chi connectivity index (χ1v) is 14.0. The van der Waals surface area contributed by atoms with Gasteiger partial charge in [-0.2, -0.15) is 0 Å². The van der Waals surface area contributed by atoms with E-state index in [1.165, 1.54) is 40.2 Å². The third kappa shape index (κ3) is 2.25. The van der Waals surface area contributed by atoms with Crippen molar-refractivity contribution >= 4 is 19.7 Å². The second-order valence-electron chi connectivity index (χ2n) is 11.0. The van der Waals surface area contributed by atoms with Gasteiger partial charge >= 0.3 is 0 Å². The van der Waals surface area contributed by atoms with E-state index in [9.17, 15) is 0 Å². The van der Waals surface area contributed by atoms with E-state index in [0.29, 0.717) is 0 Å². The number of hydrogen-bond donors (Lipinski definition) is 0. The molecule has 1 heterocycles. The summed E-state index contributed by atoms with van der Waals surface area (Å²) in [5, 5.41) is 1.39. The molecule has 3 heteroatoms. The fourth-order valence-electron chi connectivity index (χ4n) is 7.42. The molecule has 0 amide bonds. The number of nitrogens with zero attached hydrogens (tertiary/aromatic N) is 1. The van der Waals surface area contributed by atoms with Crippen LogP contribution in [0, 0.1) is 10.8 Å². The Morgan fingerprint density at radius 2 is 1.70 bits per heavy atom. The molecule has 0 N–H and O–H groups in total. The molecule has 0 atom stereocenters. The molecule has 1 saturated carbocycles. The van der Waals surface area contributed by atoms with Gasteiger partial charge in [-0.15, -0.1) is 0 Å². The van der Waals surface area contributed by atoms with E-state index < -0.39 is 0 Å². The fraction of sp³-hybridized carbons (Fsp3) is 0.481. The minimum atomic E-state index is -0.295. The van der Waals surface area contributed by atoms with Gasteiger partial charge in [0.1, 0.15) is 5.75 Å². The van der Waals surface area contributed by atoms with Crippen molar-refractivity contribution in [1.29, 1.82) is 0 Å². The SMILES string of the molecule is COc1ccc2c(c1)c1c(n2CC[Si](C)C)-c2ccccc2C12C(C)(C)CC2(C)C. The number of fused-ring (bicyclic) bond motifs is 7. The Morgan fingerprint density at radius 1 is 1.00 bits per heavy atom. The molecule has 157 valence electrons. The highest BCUT2D eigenvalue weighted by atomic mass is 28.3. The van der Waals surface area contributed by atoms with E-state index in [1.54, 1.807) is 12.7 Å². The van der Waals surface area contributed by atoms with Crippen molar-refractivity contribution in [3.8, 4) is 17.0 Å². The highest BCUT2D eigenvalue weighted by Gasteiger charge is 2.70. The van der Waals surface area contributed by atoms with Gasteiger partial charge in [-0.25, -0.2) is 0 Å². The van der Waals surface area contributed by atoms with Crippen LogP contribution in [0.5, 0.6) is 5.75 Å². The molecule has 2 aliphatic rings. The molecule has 0 saturated heterocycles. The molecule has 5 rings (SSSR count). The van der Waals surface area contributed by atoms with Gasteiger partial charge < -0.3 is 9.30 Å². The van der Waals surface area contributed by atoms with E-state index in [-0.39, 0.29) is 25.0 Å². The van der Waals surface area contributed by atoms with Crippen LogP contribution in [0.25, 0.3) is 22.2 Å². The Hall–Kier alpha value is -2.00. The smallest absolute Gasteiger partial charge is 0.119 e. The maximum Gasteiger partial charge on any atom is 0.119 e. The molecule has 0 aliphatic heterocycles. The first-order valence-electron chi connectivity index (χ1n) is 11.3. The topological polar surface area (TPSA) is 14.2 Å². The van der Waals surface area contributed by atoms with E-state index in [4.69, 9.17) is 4.74 Å². The third-order valence-corrected chi connectivity index (χ3v) is 9.20. The summed E-state index contributed by atoms with van der Waals surface area (Å²) in [5.74, 6) is 0.958. The number of rotatable bonds is 4. The normalized spacial score (nSPS) is 19.7. The second kappa shape index (κ2) is 6.26. The van der Waals surface area contributed by atoms with Crippen LogP contribution in [-0.4, -0.2) is 20.5 Å². The fourth-order valence-corrected chi connectivity index (χ4v) is 8.10. The molecular formula is C27H34NOSi. The number of methoxy groups -OCH3 is 1. The summed E-state index contributed by atoms with van der Waals surface area (Å²) in [6.07, 6.45) is 1.24. The summed E-state index contributed by atoms with van der Waals surface area (Å²) in [6.45, 7) is 15.9. The first-order chi connectivity index (χ1) is 14.2. The zero-order chi connectivity index (χ0) is 21.5. The van der Waals surface area contributed by atoms with Crippen molar-refractivity contribution in [2.24, 2.45) is 10.8 Å². The summed E-state index contributed by atoms with van der Waals surface area (Å²) in [6, 6.07) is 17.2. The lowest BCUT2D eigenvalue weighted by atomic mass is 9.35. The Labute approximate surface area is 182 Å². The Balaban J connectivity index is 1.93. The Bertz CT molecular complexity index is 1140. The van der Waals surface area contributed by atoms with Crippen LogP contribution in [0.1, 0.15) is 45.2 Å².